The summed E-state index contributed by atoms with van der Waals surface area (Å²) in [5, 5.41) is 10.8. The van der Waals surface area contributed by atoms with E-state index in [9.17, 15) is 19.5 Å². The Morgan fingerprint density at radius 2 is 1.75 bits per heavy atom. The molecule has 0 amide bonds. The van der Waals surface area contributed by atoms with Gasteiger partial charge in [0.1, 0.15) is 6.10 Å². The number of aromatic amines is 1. The molecule has 2 aromatic heterocycles. The van der Waals surface area contributed by atoms with Crippen molar-refractivity contribution in [1.82, 2.24) is 9.55 Å². The van der Waals surface area contributed by atoms with Crippen molar-refractivity contribution in [2.45, 2.75) is 40.3 Å². The molecular weight excluding hydrogens is 308 g/mol. The van der Waals surface area contributed by atoms with Gasteiger partial charge in [0.15, 0.2) is 5.78 Å². The number of aromatic nitrogens is 2. The summed E-state index contributed by atoms with van der Waals surface area (Å²) in [5.74, 6) is -0.108. The van der Waals surface area contributed by atoms with Gasteiger partial charge in [-0.1, -0.05) is 13.8 Å². The van der Waals surface area contributed by atoms with Gasteiger partial charge in [-0.3, -0.25) is 14.4 Å². The number of aliphatic hydroxyl groups is 1. The molecule has 0 spiro atoms. The van der Waals surface area contributed by atoms with Crippen LogP contribution in [0.25, 0.3) is 0 Å². The van der Waals surface area contributed by atoms with E-state index in [4.69, 9.17) is 0 Å². The molecule has 1 atom stereocenters. The van der Waals surface area contributed by atoms with Crippen molar-refractivity contribution in [3.05, 3.63) is 66.5 Å². The minimum Gasteiger partial charge on any atom is -0.381 e. The summed E-state index contributed by atoms with van der Waals surface area (Å²) in [6.45, 7) is 7.66. The molecule has 0 aliphatic heterocycles. The second kappa shape index (κ2) is 5.56. The number of rotatable bonds is 2. The quantitative estimate of drug-likeness (QED) is 0.872. The Bertz CT molecular complexity index is 966. The van der Waals surface area contributed by atoms with Crippen molar-refractivity contribution in [2.24, 2.45) is 5.92 Å². The molecule has 0 saturated carbocycles. The normalized spacial score (nSPS) is 16.2. The number of ketones is 1. The Hall–Kier alpha value is -2.47. The first-order valence-corrected chi connectivity index (χ1v) is 7.93. The summed E-state index contributed by atoms with van der Waals surface area (Å²) < 4.78 is 1.44. The van der Waals surface area contributed by atoms with Crippen molar-refractivity contribution in [3.63, 3.8) is 0 Å². The summed E-state index contributed by atoms with van der Waals surface area (Å²) >= 11 is 0. The van der Waals surface area contributed by atoms with Gasteiger partial charge in [0.2, 0.25) is 5.56 Å². The second-order valence-electron chi connectivity index (χ2n) is 6.77. The van der Waals surface area contributed by atoms with Gasteiger partial charge in [0.05, 0.1) is 11.4 Å². The molecule has 6 nitrogen and oxygen atoms in total. The Morgan fingerprint density at radius 1 is 1.12 bits per heavy atom. The molecule has 2 aromatic rings. The van der Waals surface area contributed by atoms with Crippen LogP contribution >= 0.6 is 0 Å². The van der Waals surface area contributed by atoms with Crippen molar-refractivity contribution in [2.75, 3.05) is 0 Å². The van der Waals surface area contributed by atoms with Crippen LogP contribution in [0.1, 0.15) is 58.4 Å². The molecule has 1 aliphatic rings. The van der Waals surface area contributed by atoms with Crippen LogP contribution in [-0.2, 0) is 6.54 Å². The molecule has 126 valence electrons. The third kappa shape index (κ3) is 2.34. The molecule has 24 heavy (non-hydrogen) atoms. The fraction of sp³-hybridized carbons (Fsp3) is 0.389. The zero-order valence-corrected chi connectivity index (χ0v) is 14.1. The third-order valence-corrected chi connectivity index (χ3v) is 4.35. The number of H-pyrrole nitrogens is 1. The molecule has 0 aromatic carbocycles. The topological polar surface area (TPSA) is 92.2 Å². The van der Waals surface area contributed by atoms with Crippen molar-refractivity contribution >= 4 is 5.78 Å². The van der Waals surface area contributed by atoms with Crippen molar-refractivity contribution in [3.8, 4) is 0 Å². The van der Waals surface area contributed by atoms with Crippen LogP contribution in [0.5, 0.6) is 0 Å². The maximum absolute atomic E-state index is 13.0. The maximum atomic E-state index is 13.0. The molecule has 0 radical (unpaired) electrons. The first kappa shape index (κ1) is 16.4. The van der Waals surface area contributed by atoms with Gasteiger partial charge >= 0.3 is 0 Å². The van der Waals surface area contributed by atoms with Gasteiger partial charge in [-0.05, 0) is 30.9 Å². The zero-order chi connectivity index (χ0) is 17.8. The van der Waals surface area contributed by atoms with E-state index < -0.39 is 6.10 Å². The first-order chi connectivity index (χ1) is 11.2. The molecule has 0 bridgehead atoms. The number of aliphatic hydroxyl groups excluding tert-OH is 1. The lowest BCUT2D eigenvalue weighted by Gasteiger charge is -2.29. The lowest BCUT2D eigenvalue weighted by molar-refractivity contribution is 0.100. The Kier molecular flexibility index (Phi) is 3.80. The molecule has 3 rings (SSSR count). The first-order valence-electron chi connectivity index (χ1n) is 7.93. The standard InChI is InChI=1S/C18H20N2O4/c1-8(2)7-20-12(22)6-10(4)14-16(20)18(24)15-13(17(14)23)9(3)5-11(21)19-15/h5-6,8,18,24H,7H2,1-4H3,(H,19,21). The molecule has 6 heteroatoms. The van der Waals surface area contributed by atoms with E-state index in [0.717, 1.165) is 0 Å². The molecule has 1 aliphatic carbocycles. The number of pyridine rings is 2. The van der Waals surface area contributed by atoms with Crippen LogP contribution in [0.15, 0.2) is 21.7 Å². The van der Waals surface area contributed by atoms with Crippen LogP contribution in [0.4, 0.5) is 0 Å². The summed E-state index contributed by atoms with van der Waals surface area (Å²) in [4.78, 5) is 39.8. The molecule has 0 fully saturated rings. The Morgan fingerprint density at radius 3 is 2.38 bits per heavy atom. The van der Waals surface area contributed by atoms with Gasteiger partial charge in [0, 0.05) is 29.8 Å². The van der Waals surface area contributed by atoms with Crippen LogP contribution < -0.4 is 11.1 Å². The van der Waals surface area contributed by atoms with Crippen LogP contribution in [0.3, 0.4) is 0 Å². The number of hydrogen-bond acceptors (Lipinski definition) is 4. The van der Waals surface area contributed by atoms with E-state index in [2.05, 4.69) is 4.98 Å². The van der Waals surface area contributed by atoms with E-state index in [-0.39, 0.29) is 34.2 Å². The number of fused-ring (bicyclic) bond motifs is 2. The minimum absolute atomic E-state index is 0.162. The smallest absolute Gasteiger partial charge is 0.251 e. The highest BCUT2D eigenvalue weighted by atomic mass is 16.3. The van der Waals surface area contributed by atoms with E-state index >= 15 is 0 Å². The highest BCUT2D eigenvalue weighted by Gasteiger charge is 2.36. The molecule has 0 saturated heterocycles. The lowest BCUT2D eigenvalue weighted by atomic mass is 9.84. The number of carbonyl (C=O) groups excluding carboxylic acids is 1. The number of hydrogen-bond donors (Lipinski definition) is 2. The SMILES string of the molecule is Cc1cc(=O)[nH]c2c1C(=O)c1c(C)cc(=O)n(CC(C)C)c1C2O. The van der Waals surface area contributed by atoms with Gasteiger partial charge in [-0.25, -0.2) is 0 Å². The summed E-state index contributed by atoms with van der Waals surface area (Å²) in [7, 11) is 0. The minimum atomic E-state index is -1.22. The number of aryl methyl sites for hydroxylation is 2. The summed E-state index contributed by atoms with van der Waals surface area (Å²) in [5.41, 5.74) is 1.52. The van der Waals surface area contributed by atoms with E-state index in [0.29, 0.717) is 28.8 Å². The molecule has 2 N–H and O–H groups in total. The van der Waals surface area contributed by atoms with Gasteiger partial charge in [-0.2, -0.15) is 0 Å². The third-order valence-electron chi connectivity index (χ3n) is 4.35. The largest absolute Gasteiger partial charge is 0.381 e. The highest BCUT2D eigenvalue weighted by molar-refractivity contribution is 6.13. The van der Waals surface area contributed by atoms with Gasteiger partial charge in [0.25, 0.3) is 5.56 Å². The lowest BCUT2D eigenvalue weighted by Crippen LogP contribution is -2.35. The van der Waals surface area contributed by atoms with E-state index in [1.54, 1.807) is 13.8 Å². The molecular formula is C18H20N2O4. The van der Waals surface area contributed by atoms with Gasteiger partial charge < -0.3 is 14.7 Å². The van der Waals surface area contributed by atoms with Crippen LogP contribution in [-0.4, -0.2) is 20.4 Å². The summed E-state index contributed by atoms with van der Waals surface area (Å²) in [6.07, 6.45) is -1.22. The number of nitrogens with zero attached hydrogens (tertiary/aromatic N) is 1. The predicted octanol–water partition coefficient (Wildman–Crippen LogP) is 1.44. The van der Waals surface area contributed by atoms with Crippen LogP contribution in [0, 0.1) is 19.8 Å². The van der Waals surface area contributed by atoms with Gasteiger partial charge in [-0.15, -0.1) is 0 Å². The number of nitrogens with one attached hydrogen (secondary N) is 1. The Balaban J connectivity index is 2.39. The second-order valence-corrected chi connectivity index (χ2v) is 6.77. The fourth-order valence-electron chi connectivity index (χ4n) is 3.40. The van der Waals surface area contributed by atoms with E-state index in [1.807, 2.05) is 13.8 Å². The average Bonchev–Trinajstić information content (AvgIpc) is 2.46. The zero-order valence-electron chi connectivity index (χ0n) is 14.1. The molecule has 2 heterocycles. The van der Waals surface area contributed by atoms with Crippen molar-refractivity contribution < 1.29 is 9.90 Å². The molecule has 1 unspecified atom stereocenters. The van der Waals surface area contributed by atoms with Crippen molar-refractivity contribution in [1.29, 1.82) is 0 Å². The highest BCUT2D eigenvalue weighted by Crippen LogP contribution is 2.35. The fourth-order valence-corrected chi connectivity index (χ4v) is 3.40. The Labute approximate surface area is 138 Å². The van der Waals surface area contributed by atoms with Crippen LogP contribution in [0.2, 0.25) is 0 Å². The monoisotopic (exact) mass is 328 g/mol. The number of carbonyl (C=O) groups is 1. The maximum Gasteiger partial charge on any atom is 0.251 e. The van der Waals surface area contributed by atoms with E-state index in [1.165, 1.54) is 16.7 Å². The summed E-state index contributed by atoms with van der Waals surface area (Å²) in [6, 6.07) is 2.77. The predicted molar refractivity (Wildman–Crippen MR) is 89.6 cm³/mol. The average molecular weight is 328 g/mol.